The Labute approximate surface area is 204 Å². The van der Waals surface area contributed by atoms with Crippen LogP contribution in [0.15, 0.2) is 12.1 Å². The average molecular weight is 474 g/mol. The Bertz CT molecular complexity index is 885. The first-order valence-corrected chi connectivity index (χ1v) is 13.3. The zero-order chi connectivity index (χ0) is 24.1. The molecule has 34 heavy (non-hydrogen) atoms. The number of hydrogen-bond donors (Lipinski definition) is 1. The van der Waals surface area contributed by atoms with Crippen LogP contribution in [0, 0.1) is 11.8 Å². The molecule has 2 heterocycles. The van der Waals surface area contributed by atoms with Crippen molar-refractivity contribution in [3.05, 3.63) is 23.3 Å². The molecule has 2 aliphatic heterocycles. The van der Waals surface area contributed by atoms with Crippen LogP contribution in [0.25, 0.3) is 0 Å². The van der Waals surface area contributed by atoms with Crippen LogP contribution < -0.4 is 9.47 Å². The van der Waals surface area contributed by atoms with E-state index in [1.807, 2.05) is 13.0 Å². The molecule has 6 heteroatoms. The summed E-state index contributed by atoms with van der Waals surface area (Å²) in [7, 11) is 5.52. The Morgan fingerprint density at radius 3 is 2.35 bits per heavy atom. The van der Waals surface area contributed by atoms with Crippen LogP contribution in [0.2, 0.25) is 0 Å². The third-order valence-electron chi connectivity index (χ3n) is 9.86. The van der Waals surface area contributed by atoms with Gasteiger partial charge in [0.2, 0.25) is 0 Å². The summed E-state index contributed by atoms with van der Waals surface area (Å²) >= 11 is 0. The van der Waals surface area contributed by atoms with Crippen molar-refractivity contribution in [2.24, 2.45) is 11.8 Å². The SMILES string of the molecule is CCC1(C[C@]23CCN(C)[C@H](Cc4ccc(OC)c(OC)c42)C3(C)O)OCC2CCCCC2CO1. The Morgan fingerprint density at radius 2 is 1.76 bits per heavy atom. The summed E-state index contributed by atoms with van der Waals surface area (Å²) in [6.07, 6.45) is 8.02. The number of fused-ring (bicyclic) bond motifs is 5. The molecule has 1 saturated carbocycles. The van der Waals surface area contributed by atoms with Gasteiger partial charge in [-0.1, -0.05) is 25.8 Å². The van der Waals surface area contributed by atoms with Gasteiger partial charge in [0.05, 0.1) is 33.0 Å². The van der Waals surface area contributed by atoms with Gasteiger partial charge >= 0.3 is 0 Å². The summed E-state index contributed by atoms with van der Waals surface area (Å²) in [6.45, 7) is 6.60. The van der Waals surface area contributed by atoms with E-state index in [-0.39, 0.29) is 6.04 Å². The molecule has 2 aliphatic carbocycles. The highest BCUT2D eigenvalue weighted by molar-refractivity contribution is 5.58. The number of likely N-dealkylation sites (N-methyl/N-ethyl adjacent to an activating group) is 1. The molecule has 3 unspecified atom stereocenters. The van der Waals surface area contributed by atoms with Crippen LogP contribution in [0.1, 0.15) is 69.9 Å². The number of rotatable bonds is 5. The minimum absolute atomic E-state index is 0.0223. The predicted molar refractivity (Wildman–Crippen MR) is 132 cm³/mol. The second kappa shape index (κ2) is 8.95. The fourth-order valence-electron chi connectivity index (χ4n) is 7.66. The molecule has 2 bridgehead atoms. The molecule has 0 radical (unpaired) electrons. The number of ether oxygens (including phenoxy) is 4. The van der Waals surface area contributed by atoms with Crippen LogP contribution in [-0.4, -0.2) is 68.5 Å². The van der Waals surface area contributed by atoms with Crippen molar-refractivity contribution in [3.63, 3.8) is 0 Å². The van der Waals surface area contributed by atoms with E-state index in [0.717, 1.165) is 50.3 Å². The molecule has 1 N–H and O–H groups in total. The van der Waals surface area contributed by atoms with Crippen LogP contribution in [0.5, 0.6) is 11.5 Å². The molecule has 190 valence electrons. The lowest BCUT2D eigenvalue weighted by Crippen LogP contribution is -2.71. The summed E-state index contributed by atoms with van der Waals surface area (Å²) in [5.41, 5.74) is 0.781. The number of nitrogens with zero attached hydrogens (tertiary/aromatic N) is 1. The first-order valence-electron chi connectivity index (χ1n) is 13.3. The molecule has 6 nitrogen and oxygen atoms in total. The van der Waals surface area contributed by atoms with Crippen molar-refractivity contribution < 1.29 is 24.1 Å². The first-order chi connectivity index (χ1) is 16.3. The molecule has 0 aromatic heterocycles. The van der Waals surface area contributed by atoms with E-state index < -0.39 is 16.8 Å². The van der Waals surface area contributed by atoms with E-state index in [1.54, 1.807) is 14.2 Å². The van der Waals surface area contributed by atoms with Gasteiger partial charge in [-0.15, -0.1) is 0 Å². The van der Waals surface area contributed by atoms with Crippen molar-refractivity contribution in [2.75, 3.05) is 41.0 Å². The van der Waals surface area contributed by atoms with Gasteiger partial charge in [-0.2, -0.15) is 0 Å². The van der Waals surface area contributed by atoms with Crippen molar-refractivity contribution in [3.8, 4) is 11.5 Å². The molecule has 0 spiro atoms. The van der Waals surface area contributed by atoms with E-state index in [9.17, 15) is 5.11 Å². The molecular formula is C28H43NO5. The Kier molecular flexibility index (Phi) is 6.41. The van der Waals surface area contributed by atoms with Gasteiger partial charge in [-0.25, -0.2) is 0 Å². The molecule has 1 aromatic carbocycles. The maximum Gasteiger partial charge on any atom is 0.168 e. The van der Waals surface area contributed by atoms with Gasteiger partial charge < -0.3 is 29.0 Å². The third kappa shape index (κ3) is 3.59. The second-order valence-electron chi connectivity index (χ2n) is 11.4. The van der Waals surface area contributed by atoms with E-state index in [4.69, 9.17) is 18.9 Å². The largest absolute Gasteiger partial charge is 0.493 e. The lowest BCUT2D eigenvalue weighted by Gasteiger charge is -2.61. The van der Waals surface area contributed by atoms with Crippen LogP contribution >= 0.6 is 0 Å². The molecule has 1 aromatic rings. The summed E-state index contributed by atoms with van der Waals surface area (Å²) in [5, 5.41) is 12.4. The maximum atomic E-state index is 12.4. The summed E-state index contributed by atoms with van der Waals surface area (Å²) in [6, 6.07) is 4.18. The molecule has 5 atom stereocenters. The van der Waals surface area contributed by atoms with Gasteiger partial charge in [0.1, 0.15) is 0 Å². The molecular weight excluding hydrogens is 430 g/mol. The van der Waals surface area contributed by atoms with E-state index in [0.29, 0.717) is 24.0 Å². The zero-order valence-electron chi connectivity index (χ0n) is 21.7. The van der Waals surface area contributed by atoms with Crippen molar-refractivity contribution >= 4 is 0 Å². The number of hydrogen-bond acceptors (Lipinski definition) is 6. The van der Waals surface area contributed by atoms with Crippen LogP contribution in [-0.2, 0) is 21.3 Å². The number of benzene rings is 1. The highest BCUT2D eigenvalue weighted by atomic mass is 16.7. The zero-order valence-corrected chi connectivity index (χ0v) is 21.7. The number of methoxy groups -OCH3 is 2. The highest BCUT2D eigenvalue weighted by Crippen LogP contribution is 2.59. The smallest absolute Gasteiger partial charge is 0.168 e. The number of likely N-dealkylation sites (tertiary alicyclic amines) is 1. The first kappa shape index (κ1) is 24.4. The summed E-state index contributed by atoms with van der Waals surface area (Å²) in [5.74, 6) is 1.91. The number of aliphatic hydroxyl groups is 1. The standard InChI is InChI=1S/C28H43NO5/c1-6-28(33-16-20-9-7-8-10-21(20)17-34-28)18-27-13-14-29(3)23(26(27,2)30)15-19-11-12-22(31-4)25(32-5)24(19)27/h11-12,20-21,23,30H,6-10,13-18H2,1-5H3/t20?,21?,23-,26?,27-,28?/m1/s1. The van der Waals surface area contributed by atoms with E-state index in [1.165, 1.54) is 31.2 Å². The molecule has 5 rings (SSSR count). The molecule has 2 saturated heterocycles. The van der Waals surface area contributed by atoms with Crippen LogP contribution in [0.3, 0.4) is 0 Å². The lowest BCUT2D eigenvalue weighted by atomic mass is 9.52. The molecule has 3 fully saturated rings. The van der Waals surface area contributed by atoms with Gasteiger partial charge in [-0.3, -0.25) is 0 Å². The van der Waals surface area contributed by atoms with Crippen LogP contribution in [0.4, 0.5) is 0 Å². The van der Waals surface area contributed by atoms with Crippen molar-refractivity contribution in [2.45, 2.75) is 88.1 Å². The maximum absolute atomic E-state index is 12.4. The fourth-order valence-corrected chi connectivity index (χ4v) is 7.66. The van der Waals surface area contributed by atoms with Gasteiger partial charge in [-0.05, 0) is 76.1 Å². The lowest BCUT2D eigenvalue weighted by molar-refractivity contribution is -0.260. The van der Waals surface area contributed by atoms with Crippen molar-refractivity contribution in [1.29, 1.82) is 0 Å². The Balaban J connectivity index is 1.62. The Hall–Kier alpha value is -1.34. The fraction of sp³-hybridized carbons (Fsp3) is 0.786. The quantitative estimate of drug-likeness (QED) is 0.688. The number of piperidine rings is 1. The monoisotopic (exact) mass is 473 g/mol. The third-order valence-corrected chi connectivity index (χ3v) is 9.86. The normalized spacial score (nSPS) is 40.1. The van der Waals surface area contributed by atoms with Gasteiger partial charge in [0.25, 0.3) is 0 Å². The van der Waals surface area contributed by atoms with E-state index in [2.05, 4.69) is 24.9 Å². The summed E-state index contributed by atoms with van der Waals surface area (Å²) < 4.78 is 25.2. The molecule has 4 aliphatic rings. The Morgan fingerprint density at radius 1 is 1.09 bits per heavy atom. The van der Waals surface area contributed by atoms with Gasteiger partial charge in [0.15, 0.2) is 17.3 Å². The minimum atomic E-state index is -0.972. The summed E-state index contributed by atoms with van der Waals surface area (Å²) in [4.78, 5) is 2.32. The molecule has 0 amide bonds. The van der Waals surface area contributed by atoms with Gasteiger partial charge in [0, 0.05) is 23.4 Å². The second-order valence-corrected chi connectivity index (χ2v) is 11.4. The topological polar surface area (TPSA) is 60.4 Å². The highest BCUT2D eigenvalue weighted by Gasteiger charge is 2.63. The van der Waals surface area contributed by atoms with E-state index >= 15 is 0 Å². The predicted octanol–water partition coefficient (Wildman–Crippen LogP) is 4.30. The minimum Gasteiger partial charge on any atom is -0.493 e. The average Bonchev–Trinajstić information content (AvgIpc) is 3.02. The van der Waals surface area contributed by atoms with Crippen molar-refractivity contribution in [1.82, 2.24) is 4.90 Å².